The summed E-state index contributed by atoms with van der Waals surface area (Å²) < 4.78 is 10.5. The van der Waals surface area contributed by atoms with E-state index in [-0.39, 0.29) is 24.3 Å². The maximum atomic E-state index is 11.9. The van der Waals surface area contributed by atoms with Gasteiger partial charge in [0.15, 0.2) is 0 Å². The normalized spacial score (nSPS) is 12.7. The largest absolute Gasteiger partial charge is 0.423 e. The van der Waals surface area contributed by atoms with Crippen LogP contribution in [0, 0.1) is 6.92 Å². The van der Waals surface area contributed by atoms with E-state index in [2.05, 4.69) is 20.7 Å². The predicted octanol–water partition coefficient (Wildman–Crippen LogP) is 1.91. The first-order valence-electron chi connectivity index (χ1n) is 6.50. The number of hydrogen-bond donors (Lipinski definition) is 1. The van der Waals surface area contributed by atoms with Crippen molar-refractivity contribution in [2.75, 3.05) is 0 Å². The maximum absolute atomic E-state index is 11.9. The number of amides is 1. The summed E-state index contributed by atoms with van der Waals surface area (Å²) in [5.41, 5.74) is 0.749. The summed E-state index contributed by atoms with van der Waals surface area (Å²) in [5.74, 6) is 1.47. The summed E-state index contributed by atoms with van der Waals surface area (Å²) in [4.78, 5) is 11.9. The lowest BCUT2D eigenvalue weighted by Crippen LogP contribution is -2.28. The van der Waals surface area contributed by atoms with Gasteiger partial charge in [0, 0.05) is 12.0 Å². The van der Waals surface area contributed by atoms with Crippen LogP contribution < -0.4 is 5.32 Å². The molecule has 1 N–H and O–H groups in total. The highest BCUT2D eigenvalue weighted by Crippen LogP contribution is 2.16. The average Bonchev–Trinajstić information content (AvgIpc) is 2.98. The number of hydrogen-bond acceptors (Lipinski definition) is 6. The number of nitrogens with one attached hydrogen (secondary N) is 1. The van der Waals surface area contributed by atoms with Crippen LogP contribution in [0.1, 0.15) is 56.0 Å². The average molecular weight is 278 g/mol. The van der Waals surface area contributed by atoms with Crippen LogP contribution in [0.3, 0.4) is 0 Å². The van der Waals surface area contributed by atoms with E-state index in [1.54, 1.807) is 19.9 Å². The molecule has 2 aromatic heterocycles. The van der Waals surface area contributed by atoms with Gasteiger partial charge < -0.3 is 14.3 Å². The molecule has 0 aromatic carbocycles. The van der Waals surface area contributed by atoms with Gasteiger partial charge in [-0.1, -0.05) is 19.0 Å². The Hall–Kier alpha value is -2.18. The lowest BCUT2D eigenvalue weighted by atomic mass is 10.2. The molecule has 7 heteroatoms. The van der Waals surface area contributed by atoms with Crippen LogP contribution in [0.4, 0.5) is 0 Å². The van der Waals surface area contributed by atoms with Gasteiger partial charge >= 0.3 is 0 Å². The maximum Gasteiger partial charge on any atom is 0.238 e. The summed E-state index contributed by atoms with van der Waals surface area (Å²) in [6.45, 7) is 7.53. The first kappa shape index (κ1) is 14.2. The van der Waals surface area contributed by atoms with E-state index in [0.717, 1.165) is 5.69 Å². The molecule has 0 radical (unpaired) electrons. The van der Waals surface area contributed by atoms with E-state index < -0.39 is 0 Å². The van der Waals surface area contributed by atoms with Gasteiger partial charge in [0.25, 0.3) is 0 Å². The van der Waals surface area contributed by atoms with Crippen molar-refractivity contribution >= 4 is 5.91 Å². The molecule has 20 heavy (non-hydrogen) atoms. The number of carbonyl (C=O) groups excluding carboxylic acids is 1. The van der Waals surface area contributed by atoms with Crippen molar-refractivity contribution in [3.05, 3.63) is 29.3 Å². The lowest BCUT2D eigenvalue weighted by molar-refractivity contribution is -0.121. The van der Waals surface area contributed by atoms with Gasteiger partial charge in [0.05, 0.1) is 12.1 Å². The van der Waals surface area contributed by atoms with E-state index in [0.29, 0.717) is 17.5 Å². The van der Waals surface area contributed by atoms with Gasteiger partial charge in [0.1, 0.15) is 11.8 Å². The molecule has 0 aliphatic carbocycles. The Balaban J connectivity index is 1.92. The SMILES string of the molecule is Cc1cc(CC(=O)N[C@@H](C)c2nnc(C(C)C)o2)on1. The molecule has 0 aliphatic heterocycles. The topological polar surface area (TPSA) is 94.1 Å². The fourth-order valence-corrected chi connectivity index (χ4v) is 1.67. The smallest absolute Gasteiger partial charge is 0.238 e. The second-order valence-electron chi connectivity index (χ2n) is 5.03. The van der Waals surface area contributed by atoms with Crippen LogP contribution in [0.25, 0.3) is 0 Å². The van der Waals surface area contributed by atoms with Crippen LogP contribution >= 0.6 is 0 Å². The molecule has 7 nitrogen and oxygen atoms in total. The quantitative estimate of drug-likeness (QED) is 0.897. The van der Waals surface area contributed by atoms with Crippen LogP contribution in [0.5, 0.6) is 0 Å². The Kier molecular flexibility index (Phi) is 4.16. The van der Waals surface area contributed by atoms with Gasteiger partial charge in [-0.15, -0.1) is 10.2 Å². The molecule has 0 saturated heterocycles. The van der Waals surface area contributed by atoms with Crippen LogP contribution in [-0.4, -0.2) is 21.3 Å². The molecular weight excluding hydrogens is 260 g/mol. The minimum absolute atomic E-state index is 0.135. The minimum Gasteiger partial charge on any atom is -0.423 e. The van der Waals surface area contributed by atoms with Crippen molar-refractivity contribution in [1.29, 1.82) is 0 Å². The van der Waals surface area contributed by atoms with Gasteiger partial charge in [-0.05, 0) is 13.8 Å². The lowest BCUT2D eigenvalue weighted by Gasteiger charge is -2.08. The van der Waals surface area contributed by atoms with Crippen molar-refractivity contribution in [3.63, 3.8) is 0 Å². The molecule has 2 rings (SSSR count). The third-order valence-electron chi connectivity index (χ3n) is 2.71. The highest BCUT2D eigenvalue weighted by molar-refractivity contribution is 5.78. The third-order valence-corrected chi connectivity index (χ3v) is 2.71. The number of nitrogens with zero attached hydrogens (tertiary/aromatic N) is 3. The molecule has 0 bridgehead atoms. The molecule has 2 aromatic rings. The minimum atomic E-state index is -0.341. The second kappa shape index (κ2) is 5.85. The molecule has 2 heterocycles. The monoisotopic (exact) mass is 278 g/mol. The van der Waals surface area contributed by atoms with Crippen molar-refractivity contribution < 1.29 is 13.7 Å². The Labute approximate surface area is 116 Å². The summed E-state index contributed by atoms with van der Waals surface area (Å²) in [6, 6.07) is 1.39. The summed E-state index contributed by atoms with van der Waals surface area (Å²) in [7, 11) is 0. The van der Waals surface area contributed by atoms with Crippen molar-refractivity contribution in [2.45, 2.75) is 46.1 Å². The Bertz CT molecular complexity index is 588. The van der Waals surface area contributed by atoms with E-state index in [1.807, 2.05) is 13.8 Å². The zero-order valence-corrected chi connectivity index (χ0v) is 12.0. The zero-order valence-electron chi connectivity index (χ0n) is 12.0. The molecule has 1 atom stereocenters. The Morgan fingerprint density at radius 3 is 2.55 bits per heavy atom. The van der Waals surface area contributed by atoms with Gasteiger partial charge in [-0.2, -0.15) is 0 Å². The summed E-state index contributed by atoms with van der Waals surface area (Å²) in [6.07, 6.45) is 0.135. The zero-order chi connectivity index (χ0) is 14.7. The van der Waals surface area contributed by atoms with Crippen LogP contribution in [-0.2, 0) is 11.2 Å². The molecule has 0 aliphatic rings. The van der Waals surface area contributed by atoms with Crippen molar-refractivity contribution in [1.82, 2.24) is 20.7 Å². The van der Waals surface area contributed by atoms with E-state index in [4.69, 9.17) is 8.94 Å². The van der Waals surface area contributed by atoms with Crippen LogP contribution in [0.15, 0.2) is 15.0 Å². The number of carbonyl (C=O) groups is 1. The number of aromatic nitrogens is 3. The Morgan fingerprint density at radius 1 is 1.30 bits per heavy atom. The van der Waals surface area contributed by atoms with Crippen LogP contribution in [0.2, 0.25) is 0 Å². The van der Waals surface area contributed by atoms with E-state index in [1.165, 1.54) is 0 Å². The molecular formula is C13H18N4O3. The van der Waals surface area contributed by atoms with Gasteiger partial charge in [0.2, 0.25) is 17.7 Å². The molecule has 0 spiro atoms. The fraction of sp³-hybridized carbons (Fsp3) is 0.538. The molecule has 0 fully saturated rings. The van der Waals surface area contributed by atoms with Gasteiger partial charge in [-0.3, -0.25) is 4.79 Å². The fourth-order valence-electron chi connectivity index (χ4n) is 1.67. The van der Waals surface area contributed by atoms with Crippen molar-refractivity contribution in [2.24, 2.45) is 0 Å². The third kappa shape index (κ3) is 3.43. The highest BCUT2D eigenvalue weighted by Gasteiger charge is 2.18. The summed E-state index contributed by atoms with van der Waals surface area (Å²) in [5, 5.41) is 14.4. The molecule has 1 amide bonds. The molecule has 0 unspecified atom stereocenters. The number of rotatable bonds is 5. The van der Waals surface area contributed by atoms with E-state index >= 15 is 0 Å². The highest BCUT2D eigenvalue weighted by atomic mass is 16.5. The molecule has 108 valence electrons. The summed E-state index contributed by atoms with van der Waals surface area (Å²) >= 11 is 0. The standard InChI is InChI=1S/C13H18N4O3/c1-7(2)12-15-16-13(19-12)9(4)14-11(18)6-10-5-8(3)17-20-10/h5,7,9H,6H2,1-4H3,(H,14,18)/t9-/m0/s1. The number of aryl methyl sites for hydroxylation is 1. The predicted molar refractivity (Wildman–Crippen MR) is 69.9 cm³/mol. The van der Waals surface area contributed by atoms with Gasteiger partial charge in [-0.25, -0.2) is 0 Å². The second-order valence-corrected chi connectivity index (χ2v) is 5.03. The first-order chi connectivity index (χ1) is 9.45. The van der Waals surface area contributed by atoms with Crippen molar-refractivity contribution in [3.8, 4) is 0 Å². The van der Waals surface area contributed by atoms with E-state index in [9.17, 15) is 4.79 Å². The Morgan fingerprint density at radius 2 is 2.00 bits per heavy atom. The molecule has 0 saturated carbocycles. The first-order valence-corrected chi connectivity index (χ1v) is 6.50.